The fourth-order valence-corrected chi connectivity index (χ4v) is 3.36. The highest BCUT2D eigenvalue weighted by Crippen LogP contribution is 2.66. The average Bonchev–Trinajstić information content (AvgIpc) is 2.12. The monoisotopic (exact) mass is 236 g/mol. The molecule has 0 radical (unpaired) electrons. The standard InChI is InChI=1S/C11H15F3O2/c12-11(13,14)10(8(15)16)6-9(7-10)4-2-1-3-5-9/h1-7H2,(H,15,16). The minimum Gasteiger partial charge on any atom is -0.481 e. The maximum Gasteiger partial charge on any atom is 0.404 e. The molecule has 16 heavy (non-hydrogen) atoms. The van der Waals surface area contributed by atoms with Crippen LogP contribution in [0.3, 0.4) is 0 Å². The lowest BCUT2D eigenvalue weighted by atomic mass is 9.48. The van der Waals surface area contributed by atoms with E-state index in [0.717, 1.165) is 32.1 Å². The lowest BCUT2D eigenvalue weighted by Gasteiger charge is -2.56. The Morgan fingerprint density at radius 2 is 1.56 bits per heavy atom. The molecule has 0 amide bonds. The summed E-state index contributed by atoms with van der Waals surface area (Å²) in [7, 11) is 0. The average molecular weight is 236 g/mol. The molecule has 0 heterocycles. The van der Waals surface area contributed by atoms with E-state index in [0.29, 0.717) is 0 Å². The molecule has 2 fully saturated rings. The Morgan fingerprint density at radius 3 is 1.94 bits per heavy atom. The van der Waals surface area contributed by atoms with E-state index in [1.807, 2.05) is 0 Å². The van der Waals surface area contributed by atoms with E-state index in [2.05, 4.69) is 0 Å². The molecule has 2 rings (SSSR count). The summed E-state index contributed by atoms with van der Waals surface area (Å²) in [4.78, 5) is 10.9. The maximum absolute atomic E-state index is 12.8. The van der Waals surface area contributed by atoms with E-state index in [1.165, 1.54) is 0 Å². The van der Waals surface area contributed by atoms with Crippen LogP contribution in [0.5, 0.6) is 0 Å². The second-order valence-electron chi connectivity index (χ2n) is 5.30. The highest BCUT2D eigenvalue weighted by Gasteiger charge is 2.71. The van der Waals surface area contributed by atoms with Gasteiger partial charge in [-0.2, -0.15) is 13.2 Å². The molecule has 0 aromatic heterocycles. The van der Waals surface area contributed by atoms with Crippen molar-refractivity contribution in [2.45, 2.75) is 51.1 Å². The van der Waals surface area contributed by atoms with Gasteiger partial charge in [0.1, 0.15) is 0 Å². The van der Waals surface area contributed by atoms with Crippen LogP contribution in [0.15, 0.2) is 0 Å². The molecule has 1 N–H and O–H groups in total. The van der Waals surface area contributed by atoms with Crippen molar-refractivity contribution in [3.8, 4) is 0 Å². The zero-order chi connectivity index (χ0) is 12.0. The van der Waals surface area contributed by atoms with Crippen LogP contribution < -0.4 is 0 Å². The van der Waals surface area contributed by atoms with Crippen LogP contribution in [-0.2, 0) is 4.79 Å². The van der Waals surface area contributed by atoms with E-state index in [4.69, 9.17) is 5.11 Å². The zero-order valence-corrected chi connectivity index (χ0v) is 8.94. The third-order valence-electron chi connectivity index (χ3n) is 4.22. The number of carbonyl (C=O) groups is 1. The van der Waals surface area contributed by atoms with Crippen molar-refractivity contribution in [1.82, 2.24) is 0 Å². The number of carboxylic acids is 1. The Balaban J connectivity index is 2.14. The molecule has 0 aromatic rings. The van der Waals surface area contributed by atoms with Gasteiger partial charge in [0.15, 0.2) is 5.41 Å². The predicted octanol–water partition coefficient (Wildman–Crippen LogP) is 3.36. The summed E-state index contributed by atoms with van der Waals surface area (Å²) in [6.45, 7) is 0. The van der Waals surface area contributed by atoms with E-state index in [9.17, 15) is 18.0 Å². The molecule has 2 aliphatic carbocycles. The molecular formula is C11H15F3O2. The molecule has 0 bridgehead atoms. The summed E-state index contributed by atoms with van der Waals surface area (Å²) < 4.78 is 38.3. The van der Waals surface area contributed by atoms with Crippen molar-refractivity contribution in [1.29, 1.82) is 0 Å². The van der Waals surface area contributed by atoms with Crippen LogP contribution in [0.2, 0.25) is 0 Å². The van der Waals surface area contributed by atoms with E-state index in [-0.39, 0.29) is 18.3 Å². The lowest BCUT2D eigenvalue weighted by Crippen LogP contribution is -2.59. The van der Waals surface area contributed by atoms with Crippen molar-refractivity contribution in [3.05, 3.63) is 0 Å². The van der Waals surface area contributed by atoms with Crippen molar-refractivity contribution in [3.63, 3.8) is 0 Å². The van der Waals surface area contributed by atoms with Gasteiger partial charge in [0.2, 0.25) is 0 Å². The minimum absolute atomic E-state index is 0.209. The van der Waals surface area contributed by atoms with E-state index in [1.54, 1.807) is 0 Å². The molecule has 0 aliphatic heterocycles. The van der Waals surface area contributed by atoms with E-state index >= 15 is 0 Å². The summed E-state index contributed by atoms with van der Waals surface area (Å²) >= 11 is 0. The zero-order valence-electron chi connectivity index (χ0n) is 8.94. The van der Waals surface area contributed by atoms with Crippen molar-refractivity contribution >= 4 is 5.97 Å². The Hall–Kier alpha value is -0.740. The second-order valence-corrected chi connectivity index (χ2v) is 5.30. The number of carboxylic acid groups (broad SMARTS) is 1. The normalized spacial score (nSPS) is 27.4. The summed E-state index contributed by atoms with van der Waals surface area (Å²) in [5.74, 6) is -1.70. The summed E-state index contributed by atoms with van der Waals surface area (Å²) in [6.07, 6.45) is -0.565. The first kappa shape index (κ1) is 11.7. The van der Waals surface area contributed by atoms with Gasteiger partial charge >= 0.3 is 12.1 Å². The molecule has 92 valence electrons. The van der Waals surface area contributed by atoms with Gasteiger partial charge in [-0.05, 0) is 31.1 Å². The summed E-state index contributed by atoms with van der Waals surface area (Å²) in [6, 6.07) is 0. The first-order chi connectivity index (χ1) is 7.31. The fourth-order valence-electron chi connectivity index (χ4n) is 3.36. The highest BCUT2D eigenvalue weighted by atomic mass is 19.4. The van der Waals surface area contributed by atoms with Crippen molar-refractivity contribution in [2.75, 3.05) is 0 Å². The predicted molar refractivity (Wildman–Crippen MR) is 50.9 cm³/mol. The number of rotatable bonds is 1. The number of alkyl halides is 3. The first-order valence-electron chi connectivity index (χ1n) is 5.62. The largest absolute Gasteiger partial charge is 0.481 e. The van der Waals surface area contributed by atoms with Gasteiger partial charge in [0.05, 0.1) is 0 Å². The molecule has 0 aromatic carbocycles. The Bertz CT molecular complexity index is 295. The molecule has 5 heteroatoms. The van der Waals surface area contributed by atoms with Crippen LogP contribution in [0, 0.1) is 10.8 Å². The third-order valence-corrected chi connectivity index (χ3v) is 4.22. The van der Waals surface area contributed by atoms with Gasteiger partial charge in [-0.3, -0.25) is 4.79 Å². The van der Waals surface area contributed by atoms with Gasteiger partial charge < -0.3 is 5.11 Å². The SMILES string of the molecule is O=C(O)C1(C(F)(F)F)CC2(CCCCC2)C1. The number of hydrogen-bond donors (Lipinski definition) is 1. The summed E-state index contributed by atoms with van der Waals surface area (Å²) in [5.41, 5.74) is -2.78. The lowest BCUT2D eigenvalue weighted by molar-refractivity contribution is -0.282. The molecule has 0 unspecified atom stereocenters. The topological polar surface area (TPSA) is 37.3 Å². The minimum atomic E-state index is -4.61. The molecule has 1 spiro atoms. The van der Waals surface area contributed by atoms with Crippen LogP contribution in [-0.4, -0.2) is 17.3 Å². The molecule has 2 aliphatic rings. The first-order valence-corrected chi connectivity index (χ1v) is 5.62. The van der Waals surface area contributed by atoms with Gasteiger partial charge in [0, 0.05) is 0 Å². The molecule has 0 saturated heterocycles. The fraction of sp³-hybridized carbons (Fsp3) is 0.909. The molecular weight excluding hydrogens is 221 g/mol. The third kappa shape index (κ3) is 1.52. The van der Waals surface area contributed by atoms with Crippen LogP contribution in [0.4, 0.5) is 13.2 Å². The van der Waals surface area contributed by atoms with Gasteiger partial charge in [-0.15, -0.1) is 0 Å². The summed E-state index contributed by atoms with van der Waals surface area (Å²) in [5, 5.41) is 8.81. The smallest absolute Gasteiger partial charge is 0.404 e. The Morgan fingerprint density at radius 1 is 1.06 bits per heavy atom. The number of aliphatic carboxylic acids is 1. The van der Waals surface area contributed by atoms with Gasteiger partial charge in [-0.1, -0.05) is 19.3 Å². The highest BCUT2D eigenvalue weighted by molar-refractivity contribution is 5.77. The number of hydrogen-bond acceptors (Lipinski definition) is 1. The molecule has 0 atom stereocenters. The van der Waals surface area contributed by atoms with Gasteiger partial charge in [-0.25, -0.2) is 0 Å². The van der Waals surface area contributed by atoms with Crippen molar-refractivity contribution in [2.24, 2.45) is 10.8 Å². The number of halogens is 3. The quantitative estimate of drug-likeness (QED) is 0.757. The van der Waals surface area contributed by atoms with Crippen LogP contribution in [0.25, 0.3) is 0 Å². The maximum atomic E-state index is 12.8. The van der Waals surface area contributed by atoms with E-state index < -0.39 is 17.6 Å². The Labute approximate surface area is 91.8 Å². The second kappa shape index (κ2) is 3.37. The van der Waals surface area contributed by atoms with Crippen LogP contribution >= 0.6 is 0 Å². The van der Waals surface area contributed by atoms with Crippen molar-refractivity contribution < 1.29 is 23.1 Å². The van der Waals surface area contributed by atoms with Crippen LogP contribution in [0.1, 0.15) is 44.9 Å². The molecule has 2 saturated carbocycles. The molecule has 2 nitrogen and oxygen atoms in total. The Kier molecular flexibility index (Phi) is 2.48. The van der Waals surface area contributed by atoms with Gasteiger partial charge in [0.25, 0.3) is 0 Å².